The molecule has 0 bridgehead atoms. The Bertz CT molecular complexity index is 795. The van der Waals surface area contributed by atoms with Crippen LogP contribution in [0.2, 0.25) is 10.2 Å². The van der Waals surface area contributed by atoms with Crippen LogP contribution in [0.15, 0.2) is 33.8 Å². The number of nitrogens with one attached hydrogen (secondary N) is 1. The molecule has 0 aliphatic rings. The SMILES string of the molecule is O=S(=O)(Nc1c(F)cc(F)cc1Cl)c1cc(Br)cnc1Cl. The quantitative estimate of drug-likeness (QED) is 0.760. The van der Waals surface area contributed by atoms with Crippen molar-refractivity contribution >= 4 is 54.8 Å². The molecule has 4 nitrogen and oxygen atoms in total. The zero-order valence-corrected chi connectivity index (χ0v) is 13.8. The van der Waals surface area contributed by atoms with Gasteiger partial charge in [-0.1, -0.05) is 23.2 Å². The molecule has 0 unspecified atom stereocenters. The molecular formula is C11H5BrCl2F2N2O2S. The number of anilines is 1. The van der Waals surface area contributed by atoms with Crippen molar-refractivity contribution < 1.29 is 17.2 Å². The number of aromatic nitrogens is 1. The van der Waals surface area contributed by atoms with Crippen LogP contribution in [-0.4, -0.2) is 13.4 Å². The van der Waals surface area contributed by atoms with E-state index in [0.29, 0.717) is 10.5 Å². The molecular weight excluding hydrogens is 413 g/mol. The predicted octanol–water partition coefficient (Wildman–Crippen LogP) is 4.23. The summed E-state index contributed by atoms with van der Waals surface area (Å²) in [6.45, 7) is 0. The van der Waals surface area contributed by atoms with Gasteiger partial charge in [0.15, 0.2) is 5.82 Å². The summed E-state index contributed by atoms with van der Waals surface area (Å²) in [6.07, 6.45) is 1.30. The van der Waals surface area contributed by atoms with E-state index in [-0.39, 0.29) is 10.0 Å². The molecule has 21 heavy (non-hydrogen) atoms. The highest BCUT2D eigenvalue weighted by Gasteiger charge is 2.23. The summed E-state index contributed by atoms with van der Waals surface area (Å²) in [5.41, 5.74) is -0.575. The highest BCUT2D eigenvalue weighted by atomic mass is 79.9. The van der Waals surface area contributed by atoms with Gasteiger partial charge in [0.25, 0.3) is 10.0 Å². The van der Waals surface area contributed by atoms with E-state index in [1.54, 1.807) is 0 Å². The van der Waals surface area contributed by atoms with Gasteiger partial charge in [0.05, 0.1) is 5.02 Å². The molecule has 1 aromatic heterocycles. The molecule has 1 heterocycles. The molecule has 0 aliphatic carbocycles. The molecule has 1 aromatic carbocycles. The normalized spacial score (nSPS) is 11.5. The van der Waals surface area contributed by atoms with Crippen LogP contribution in [-0.2, 0) is 10.0 Å². The Morgan fingerprint density at radius 2 is 1.86 bits per heavy atom. The first-order valence-corrected chi connectivity index (χ1v) is 8.22. The Labute approximate surface area is 137 Å². The van der Waals surface area contributed by atoms with Crippen molar-refractivity contribution in [1.82, 2.24) is 4.98 Å². The van der Waals surface area contributed by atoms with Gasteiger partial charge in [-0.15, -0.1) is 0 Å². The molecule has 0 amide bonds. The van der Waals surface area contributed by atoms with Gasteiger partial charge in [-0.3, -0.25) is 4.72 Å². The number of halogens is 5. The molecule has 1 N–H and O–H groups in total. The summed E-state index contributed by atoms with van der Waals surface area (Å²) < 4.78 is 53.2. The number of rotatable bonds is 3. The lowest BCUT2D eigenvalue weighted by atomic mass is 10.3. The zero-order valence-electron chi connectivity index (χ0n) is 9.87. The van der Waals surface area contributed by atoms with Crippen LogP contribution in [0.25, 0.3) is 0 Å². The Morgan fingerprint density at radius 3 is 2.48 bits per heavy atom. The average Bonchev–Trinajstić information content (AvgIpc) is 2.36. The van der Waals surface area contributed by atoms with Gasteiger partial charge in [0.2, 0.25) is 0 Å². The maximum absolute atomic E-state index is 13.6. The summed E-state index contributed by atoms with van der Waals surface area (Å²) in [7, 11) is -4.25. The van der Waals surface area contributed by atoms with E-state index in [0.717, 1.165) is 6.07 Å². The molecule has 0 fully saturated rings. The number of pyridine rings is 1. The fourth-order valence-corrected chi connectivity index (χ4v) is 3.75. The Hall–Kier alpha value is -0.960. The second-order valence-electron chi connectivity index (χ2n) is 3.79. The third-order valence-electron chi connectivity index (χ3n) is 2.31. The second-order valence-corrected chi connectivity index (χ2v) is 7.12. The van der Waals surface area contributed by atoms with Crippen LogP contribution < -0.4 is 4.72 Å². The van der Waals surface area contributed by atoms with Crippen LogP contribution in [0.1, 0.15) is 0 Å². The highest BCUT2D eigenvalue weighted by molar-refractivity contribution is 9.10. The number of benzene rings is 1. The maximum atomic E-state index is 13.6. The molecule has 0 radical (unpaired) electrons. The van der Waals surface area contributed by atoms with Crippen LogP contribution in [0.5, 0.6) is 0 Å². The number of nitrogens with zero attached hydrogens (tertiary/aromatic N) is 1. The van der Waals surface area contributed by atoms with E-state index in [1.807, 2.05) is 4.72 Å². The number of sulfonamides is 1. The number of hydrogen-bond acceptors (Lipinski definition) is 3. The van der Waals surface area contributed by atoms with Crippen molar-refractivity contribution in [2.75, 3.05) is 4.72 Å². The van der Waals surface area contributed by atoms with Gasteiger partial charge >= 0.3 is 0 Å². The van der Waals surface area contributed by atoms with Crippen molar-refractivity contribution in [3.05, 3.63) is 50.7 Å². The third kappa shape index (κ3) is 3.63. The summed E-state index contributed by atoms with van der Waals surface area (Å²) in [5.74, 6) is -2.08. The van der Waals surface area contributed by atoms with E-state index in [1.165, 1.54) is 12.3 Å². The van der Waals surface area contributed by atoms with Gasteiger partial charge in [0.1, 0.15) is 21.6 Å². The first kappa shape index (κ1) is 16.4. The minimum atomic E-state index is -4.25. The summed E-state index contributed by atoms with van der Waals surface area (Å²) in [4.78, 5) is 3.28. The topological polar surface area (TPSA) is 59.1 Å². The molecule has 2 rings (SSSR count). The van der Waals surface area contributed by atoms with Crippen LogP contribution in [0.4, 0.5) is 14.5 Å². The minimum absolute atomic E-state index is 0.302. The van der Waals surface area contributed by atoms with Crippen molar-refractivity contribution in [3.63, 3.8) is 0 Å². The molecule has 0 saturated carbocycles. The van der Waals surface area contributed by atoms with Gasteiger partial charge in [-0.2, -0.15) is 0 Å². The fraction of sp³-hybridized carbons (Fsp3) is 0. The van der Waals surface area contributed by atoms with Crippen molar-refractivity contribution in [2.24, 2.45) is 0 Å². The largest absolute Gasteiger partial charge is 0.275 e. The molecule has 2 aromatic rings. The number of hydrogen-bond donors (Lipinski definition) is 1. The van der Waals surface area contributed by atoms with Gasteiger partial charge in [-0.25, -0.2) is 22.2 Å². The Kier molecular flexibility index (Phi) is 4.72. The standard InChI is InChI=1S/C11H5BrCl2F2N2O2S/c12-5-1-9(11(14)17-4-5)21(19,20)18-10-7(13)2-6(15)3-8(10)16/h1-4,18H. The molecule has 0 atom stereocenters. The van der Waals surface area contributed by atoms with Crippen molar-refractivity contribution in [2.45, 2.75) is 4.90 Å². The van der Waals surface area contributed by atoms with Gasteiger partial charge in [0, 0.05) is 16.7 Å². The molecule has 0 spiro atoms. The first-order valence-electron chi connectivity index (χ1n) is 5.19. The van der Waals surface area contributed by atoms with E-state index in [9.17, 15) is 17.2 Å². The van der Waals surface area contributed by atoms with Crippen LogP contribution >= 0.6 is 39.1 Å². The fourth-order valence-electron chi connectivity index (χ4n) is 1.42. The molecule has 0 aliphatic heterocycles. The maximum Gasteiger partial charge on any atom is 0.265 e. The Balaban J connectivity index is 2.50. The zero-order chi connectivity index (χ0) is 15.8. The molecule has 10 heteroatoms. The van der Waals surface area contributed by atoms with Gasteiger partial charge < -0.3 is 0 Å². The summed E-state index contributed by atoms with van der Waals surface area (Å²) >= 11 is 14.4. The van der Waals surface area contributed by atoms with Crippen molar-refractivity contribution in [3.8, 4) is 0 Å². The highest BCUT2D eigenvalue weighted by Crippen LogP contribution is 2.30. The van der Waals surface area contributed by atoms with E-state index >= 15 is 0 Å². The first-order chi connectivity index (χ1) is 9.70. The average molecular weight is 418 g/mol. The lowest BCUT2D eigenvalue weighted by Crippen LogP contribution is -2.15. The van der Waals surface area contributed by atoms with Crippen LogP contribution in [0.3, 0.4) is 0 Å². The second kappa shape index (κ2) is 6.04. The lowest BCUT2D eigenvalue weighted by Gasteiger charge is -2.11. The monoisotopic (exact) mass is 416 g/mol. The smallest absolute Gasteiger partial charge is 0.265 e. The molecule has 112 valence electrons. The third-order valence-corrected chi connectivity index (χ3v) is 4.81. The van der Waals surface area contributed by atoms with E-state index < -0.39 is 32.4 Å². The van der Waals surface area contributed by atoms with Crippen molar-refractivity contribution in [1.29, 1.82) is 0 Å². The van der Waals surface area contributed by atoms with E-state index in [4.69, 9.17) is 23.2 Å². The minimum Gasteiger partial charge on any atom is -0.275 e. The summed E-state index contributed by atoms with van der Waals surface area (Å²) in [6, 6.07) is 2.47. The Morgan fingerprint density at radius 1 is 1.19 bits per heavy atom. The lowest BCUT2D eigenvalue weighted by molar-refractivity contribution is 0.583. The van der Waals surface area contributed by atoms with E-state index in [2.05, 4.69) is 20.9 Å². The van der Waals surface area contributed by atoms with Crippen LogP contribution in [0, 0.1) is 11.6 Å². The van der Waals surface area contributed by atoms with Gasteiger partial charge in [-0.05, 0) is 28.1 Å². The molecule has 0 saturated heterocycles. The predicted molar refractivity (Wildman–Crippen MR) is 79.1 cm³/mol. The summed E-state index contributed by atoms with van der Waals surface area (Å²) in [5, 5.41) is -0.723.